The van der Waals surface area contributed by atoms with Crippen LogP contribution < -0.4 is 0 Å². The molecule has 0 atom stereocenters. The van der Waals surface area contributed by atoms with Gasteiger partial charge in [-0.2, -0.15) is 0 Å². The highest BCUT2D eigenvalue weighted by atomic mass is 35.5. The number of hydrogen-bond donors (Lipinski definition) is 0. The maximum absolute atomic E-state index is 12.9. The van der Waals surface area contributed by atoms with E-state index in [0.717, 1.165) is 6.26 Å². The van der Waals surface area contributed by atoms with Gasteiger partial charge >= 0.3 is 0 Å². The minimum absolute atomic E-state index is 0.0279. The monoisotopic (exact) mass is 410 g/mol. The second kappa shape index (κ2) is 6.41. The Labute approximate surface area is 162 Å². The molecule has 3 rings (SSSR count). The number of carbonyl (C=O) groups is 1. The molecular weight excluding hydrogens is 395 g/mol. The van der Waals surface area contributed by atoms with Crippen LogP contribution in [-0.2, 0) is 19.4 Å². The van der Waals surface area contributed by atoms with Gasteiger partial charge in [0.1, 0.15) is 5.76 Å². The minimum atomic E-state index is -3.45. The summed E-state index contributed by atoms with van der Waals surface area (Å²) in [6.45, 7) is 3.37. The van der Waals surface area contributed by atoms with Crippen LogP contribution in [0.15, 0.2) is 47.4 Å². The summed E-state index contributed by atoms with van der Waals surface area (Å²) in [4.78, 5) is 12.9. The maximum atomic E-state index is 12.9. The first-order valence-corrected chi connectivity index (χ1v) is 10.4. The lowest BCUT2D eigenvalue weighted by molar-refractivity contribution is -0.125. The van der Waals surface area contributed by atoms with Gasteiger partial charge in [-0.1, -0.05) is 35.3 Å². The third-order valence-corrected chi connectivity index (χ3v) is 5.92. The Morgan fingerprint density at radius 3 is 2.08 bits per heavy atom. The Morgan fingerprint density at radius 2 is 1.54 bits per heavy atom. The normalized spacial score (nSPS) is 16.7. The second-order valence-electron chi connectivity index (χ2n) is 6.57. The van der Waals surface area contributed by atoms with E-state index in [1.54, 1.807) is 44.2 Å². The van der Waals surface area contributed by atoms with Crippen molar-refractivity contribution in [2.45, 2.75) is 24.3 Å². The number of hydrogen-bond acceptors (Lipinski definition) is 4. The van der Waals surface area contributed by atoms with Gasteiger partial charge in [0, 0.05) is 16.8 Å². The van der Waals surface area contributed by atoms with Crippen molar-refractivity contribution in [1.82, 2.24) is 0 Å². The topological polar surface area (TPSA) is 60.4 Å². The van der Waals surface area contributed by atoms with E-state index in [2.05, 4.69) is 0 Å². The smallest absolute Gasteiger partial charge is 0.210 e. The molecule has 0 aliphatic carbocycles. The molecule has 4 nitrogen and oxygen atoms in total. The number of rotatable bonds is 3. The van der Waals surface area contributed by atoms with Crippen LogP contribution >= 0.6 is 23.2 Å². The first-order chi connectivity index (χ1) is 12.0. The predicted octanol–water partition coefficient (Wildman–Crippen LogP) is 4.64. The molecule has 0 amide bonds. The lowest BCUT2D eigenvalue weighted by Gasteiger charge is -2.18. The highest BCUT2D eigenvalue weighted by Gasteiger charge is 2.42. The van der Waals surface area contributed by atoms with Crippen LogP contribution in [-0.4, -0.2) is 26.1 Å². The molecule has 0 unspecified atom stereocenters. The van der Waals surface area contributed by atoms with E-state index in [4.69, 9.17) is 27.9 Å². The Balaban J connectivity index is 2.20. The Hall–Kier alpha value is -1.82. The fourth-order valence-electron chi connectivity index (χ4n) is 2.78. The van der Waals surface area contributed by atoms with Crippen LogP contribution in [0.2, 0.25) is 10.0 Å². The molecule has 7 heteroatoms. The number of carbonyl (C=O) groups excluding carboxylic acids is 1. The van der Waals surface area contributed by atoms with Gasteiger partial charge in [-0.05, 0) is 49.7 Å². The SMILES string of the molecule is CC1(C)OC(c2ccc(S(C)(=O)=O)c(Cl)c2)=C(c2ccc(Cl)cc2)C1=O. The van der Waals surface area contributed by atoms with E-state index in [0.29, 0.717) is 27.5 Å². The van der Waals surface area contributed by atoms with Crippen molar-refractivity contribution in [2.75, 3.05) is 6.26 Å². The van der Waals surface area contributed by atoms with Crippen LogP contribution in [0.25, 0.3) is 11.3 Å². The summed E-state index contributed by atoms with van der Waals surface area (Å²) in [6, 6.07) is 11.4. The van der Waals surface area contributed by atoms with Crippen LogP contribution in [0.3, 0.4) is 0 Å². The number of benzene rings is 2. The number of halogens is 2. The predicted molar refractivity (Wildman–Crippen MR) is 103 cm³/mol. The van der Waals surface area contributed by atoms with E-state index in [-0.39, 0.29) is 15.7 Å². The summed E-state index contributed by atoms with van der Waals surface area (Å²) in [5.41, 5.74) is 0.580. The fraction of sp³-hybridized carbons (Fsp3) is 0.211. The maximum Gasteiger partial charge on any atom is 0.210 e. The zero-order valence-corrected chi connectivity index (χ0v) is 16.7. The summed E-state index contributed by atoms with van der Waals surface area (Å²) >= 11 is 12.1. The lowest BCUT2D eigenvalue weighted by atomic mass is 9.93. The zero-order chi connectivity index (χ0) is 19.3. The molecule has 1 heterocycles. The minimum Gasteiger partial charge on any atom is -0.478 e. The third kappa shape index (κ3) is 3.39. The zero-order valence-electron chi connectivity index (χ0n) is 14.3. The highest BCUT2D eigenvalue weighted by Crippen LogP contribution is 2.42. The molecular formula is C19H16Cl2O4S. The fourth-order valence-corrected chi connectivity index (χ4v) is 4.24. The first kappa shape index (κ1) is 19.0. The summed E-state index contributed by atoms with van der Waals surface area (Å²) in [7, 11) is -3.45. The van der Waals surface area contributed by atoms with Crippen LogP contribution in [0, 0.1) is 0 Å². The van der Waals surface area contributed by atoms with Crippen molar-refractivity contribution in [1.29, 1.82) is 0 Å². The van der Waals surface area contributed by atoms with E-state index in [1.807, 2.05) is 0 Å². The summed E-state index contributed by atoms with van der Waals surface area (Å²) in [5, 5.41) is 0.635. The van der Waals surface area contributed by atoms with Gasteiger partial charge in [-0.3, -0.25) is 4.79 Å². The second-order valence-corrected chi connectivity index (χ2v) is 9.40. The molecule has 2 aromatic rings. The molecule has 1 aliphatic heterocycles. The van der Waals surface area contributed by atoms with E-state index >= 15 is 0 Å². The Morgan fingerprint density at radius 1 is 0.962 bits per heavy atom. The molecule has 1 aliphatic rings. The molecule has 2 aromatic carbocycles. The van der Waals surface area contributed by atoms with Crippen molar-refractivity contribution in [2.24, 2.45) is 0 Å². The van der Waals surface area contributed by atoms with Crippen molar-refractivity contribution in [3.63, 3.8) is 0 Å². The van der Waals surface area contributed by atoms with E-state index in [9.17, 15) is 13.2 Å². The van der Waals surface area contributed by atoms with Crippen molar-refractivity contribution < 1.29 is 17.9 Å². The van der Waals surface area contributed by atoms with Gasteiger partial charge in [0.2, 0.25) is 5.78 Å². The van der Waals surface area contributed by atoms with Gasteiger partial charge in [0.25, 0.3) is 0 Å². The average molecular weight is 411 g/mol. The van der Waals surface area contributed by atoms with Gasteiger partial charge in [-0.15, -0.1) is 0 Å². The quantitative estimate of drug-likeness (QED) is 0.738. The van der Waals surface area contributed by atoms with Gasteiger partial charge < -0.3 is 4.74 Å². The number of Topliss-reactive ketones (excluding diaryl/α,β-unsaturated/α-hetero) is 1. The Bertz CT molecular complexity index is 1040. The molecule has 0 spiro atoms. The standard InChI is InChI=1S/C19H16Cl2O4S/c1-19(2)18(22)16(11-4-7-13(20)8-5-11)17(25-19)12-6-9-15(14(21)10-12)26(3,23)24/h4-10H,1-3H3. The number of sulfone groups is 1. The highest BCUT2D eigenvalue weighted by molar-refractivity contribution is 7.90. The molecule has 0 saturated carbocycles. The molecule has 136 valence electrons. The number of ketones is 1. The van der Waals surface area contributed by atoms with Gasteiger partial charge in [0.15, 0.2) is 15.4 Å². The third-order valence-electron chi connectivity index (χ3n) is 4.08. The van der Waals surface area contributed by atoms with Crippen molar-refractivity contribution >= 4 is 50.2 Å². The summed E-state index contributed by atoms with van der Waals surface area (Å²) < 4.78 is 29.4. The van der Waals surface area contributed by atoms with Crippen LogP contribution in [0.1, 0.15) is 25.0 Å². The van der Waals surface area contributed by atoms with E-state index in [1.165, 1.54) is 12.1 Å². The largest absolute Gasteiger partial charge is 0.478 e. The van der Waals surface area contributed by atoms with Crippen LogP contribution in [0.4, 0.5) is 0 Å². The van der Waals surface area contributed by atoms with Crippen molar-refractivity contribution in [3.8, 4) is 0 Å². The van der Waals surface area contributed by atoms with E-state index < -0.39 is 15.4 Å². The van der Waals surface area contributed by atoms with Gasteiger partial charge in [-0.25, -0.2) is 8.42 Å². The summed E-state index contributed by atoms with van der Waals surface area (Å²) in [5.74, 6) is 0.197. The molecule has 0 aromatic heterocycles. The summed E-state index contributed by atoms with van der Waals surface area (Å²) in [6.07, 6.45) is 1.09. The molecule has 0 fully saturated rings. The van der Waals surface area contributed by atoms with Gasteiger partial charge in [0.05, 0.1) is 15.5 Å². The molecule has 0 saturated heterocycles. The Kier molecular flexibility index (Phi) is 4.67. The molecule has 26 heavy (non-hydrogen) atoms. The van der Waals surface area contributed by atoms with Crippen LogP contribution in [0.5, 0.6) is 0 Å². The number of ether oxygens (including phenoxy) is 1. The molecule has 0 radical (unpaired) electrons. The average Bonchev–Trinajstić information content (AvgIpc) is 2.77. The van der Waals surface area contributed by atoms with Crippen molar-refractivity contribution in [3.05, 3.63) is 63.6 Å². The molecule has 0 bridgehead atoms. The first-order valence-electron chi connectivity index (χ1n) is 7.75. The molecule has 0 N–H and O–H groups in total. The lowest BCUT2D eigenvalue weighted by Crippen LogP contribution is -2.29.